The van der Waals surface area contributed by atoms with Crippen LogP contribution in [-0.2, 0) is 17.8 Å². The fraction of sp³-hybridized carbons (Fsp3) is 0.462. The fourth-order valence-electron chi connectivity index (χ4n) is 4.81. The van der Waals surface area contributed by atoms with Crippen LogP contribution in [-0.4, -0.2) is 36.2 Å². The minimum absolute atomic E-state index is 0.165. The molecule has 158 valence electrons. The quantitative estimate of drug-likeness (QED) is 0.646. The second-order valence-corrected chi connectivity index (χ2v) is 8.77. The summed E-state index contributed by atoms with van der Waals surface area (Å²) >= 11 is 0. The van der Waals surface area contributed by atoms with Crippen LogP contribution in [0.3, 0.4) is 0 Å². The Bertz CT molecular complexity index is 885. The number of hydrogen-bond acceptors (Lipinski definition) is 3. The Morgan fingerprint density at radius 3 is 2.50 bits per heavy atom. The summed E-state index contributed by atoms with van der Waals surface area (Å²) in [5.74, 6) is 0.965. The lowest BCUT2D eigenvalue weighted by atomic mass is 9.89. The number of nitrogens with zero attached hydrogens (tertiary/aromatic N) is 2. The third kappa shape index (κ3) is 4.92. The van der Waals surface area contributed by atoms with Gasteiger partial charge in [-0.25, -0.2) is 0 Å². The summed E-state index contributed by atoms with van der Waals surface area (Å²) in [7, 11) is 0. The van der Waals surface area contributed by atoms with Crippen molar-refractivity contribution < 1.29 is 9.59 Å². The van der Waals surface area contributed by atoms with Crippen molar-refractivity contribution in [3.8, 4) is 0 Å². The molecule has 0 spiro atoms. The Kier molecular flexibility index (Phi) is 6.51. The van der Waals surface area contributed by atoms with E-state index in [4.69, 9.17) is 0 Å². The van der Waals surface area contributed by atoms with Gasteiger partial charge in [-0.3, -0.25) is 9.59 Å². The molecule has 0 saturated carbocycles. The van der Waals surface area contributed by atoms with Crippen LogP contribution in [0.2, 0.25) is 0 Å². The highest BCUT2D eigenvalue weighted by Gasteiger charge is 2.23. The number of benzene rings is 2. The number of hydrogen-bond donors (Lipinski definition) is 0. The van der Waals surface area contributed by atoms with Crippen LogP contribution in [0, 0.1) is 5.92 Å². The van der Waals surface area contributed by atoms with E-state index < -0.39 is 0 Å². The molecule has 2 aliphatic rings. The Morgan fingerprint density at radius 1 is 1.00 bits per heavy atom. The molecule has 4 rings (SSSR count). The average molecular weight is 405 g/mol. The monoisotopic (exact) mass is 404 g/mol. The minimum atomic E-state index is 0.165. The first kappa shape index (κ1) is 20.6. The van der Waals surface area contributed by atoms with E-state index in [0.29, 0.717) is 12.3 Å². The number of carbonyl (C=O) groups excluding carboxylic acids is 2. The van der Waals surface area contributed by atoms with Crippen LogP contribution in [0.4, 0.5) is 5.69 Å². The first-order valence-corrected chi connectivity index (χ1v) is 11.3. The molecule has 0 aliphatic carbocycles. The van der Waals surface area contributed by atoms with Gasteiger partial charge in [-0.1, -0.05) is 42.5 Å². The molecule has 1 saturated heterocycles. The highest BCUT2D eigenvalue weighted by Crippen LogP contribution is 2.31. The maximum absolute atomic E-state index is 12.9. The Hall–Kier alpha value is -2.62. The SMILES string of the molecule is CC(=O)N1CCC(CCC(=O)c2ccc3c(c2)N(Cc2ccccc2)CCC3)CC1. The molecule has 1 fully saturated rings. The topological polar surface area (TPSA) is 40.6 Å². The molecule has 0 N–H and O–H groups in total. The second-order valence-electron chi connectivity index (χ2n) is 8.77. The molecule has 2 heterocycles. The maximum Gasteiger partial charge on any atom is 0.219 e. The lowest BCUT2D eigenvalue weighted by Crippen LogP contribution is -2.37. The van der Waals surface area contributed by atoms with Gasteiger partial charge >= 0.3 is 0 Å². The summed E-state index contributed by atoms with van der Waals surface area (Å²) in [5.41, 5.74) is 4.73. The Labute approximate surface area is 179 Å². The van der Waals surface area contributed by atoms with E-state index in [2.05, 4.69) is 41.3 Å². The molecule has 30 heavy (non-hydrogen) atoms. The standard InChI is InChI=1S/C26H32N2O2/c1-20(29)27-16-13-21(14-17-27)9-12-26(30)24-11-10-23-8-5-15-28(25(23)18-24)19-22-6-3-2-4-7-22/h2-4,6-7,10-11,18,21H,5,8-9,12-17,19H2,1H3. The maximum atomic E-state index is 12.9. The smallest absolute Gasteiger partial charge is 0.219 e. The van der Waals surface area contributed by atoms with Crippen molar-refractivity contribution >= 4 is 17.4 Å². The number of carbonyl (C=O) groups is 2. The number of likely N-dealkylation sites (tertiary alicyclic amines) is 1. The summed E-state index contributed by atoms with van der Waals surface area (Å²) in [4.78, 5) is 28.8. The van der Waals surface area contributed by atoms with Gasteiger partial charge in [0, 0.05) is 50.8 Å². The van der Waals surface area contributed by atoms with Gasteiger partial charge in [0.15, 0.2) is 5.78 Å². The van der Waals surface area contributed by atoms with Gasteiger partial charge < -0.3 is 9.80 Å². The van der Waals surface area contributed by atoms with Gasteiger partial charge in [0.1, 0.15) is 0 Å². The van der Waals surface area contributed by atoms with Crippen molar-refractivity contribution in [1.82, 2.24) is 4.90 Å². The van der Waals surface area contributed by atoms with Gasteiger partial charge in [0.25, 0.3) is 0 Å². The van der Waals surface area contributed by atoms with Gasteiger partial charge in [-0.2, -0.15) is 0 Å². The third-order valence-corrected chi connectivity index (χ3v) is 6.68. The molecule has 0 atom stereocenters. The third-order valence-electron chi connectivity index (χ3n) is 6.68. The van der Waals surface area contributed by atoms with E-state index in [1.54, 1.807) is 6.92 Å². The molecule has 2 aromatic carbocycles. The zero-order valence-electron chi connectivity index (χ0n) is 18.0. The lowest BCUT2D eigenvalue weighted by Gasteiger charge is -2.32. The van der Waals surface area contributed by atoms with E-state index in [0.717, 1.165) is 63.8 Å². The average Bonchev–Trinajstić information content (AvgIpc) is 2.78. The van der Waals surface area contributed by atoms with Crippen molar-refractivity contribution in [2.45, 2.75) is 52.0 Å². The molecule has 0 aromatic heterocycles. The molecule has 2 aromatic rings. The largest absolute Gasteiger partial charge is 0.367 e. The van der Waals surface area contributed by atoms with Gasteiger partial charge in [-0.05, 0) is 55.2 Å². The van der Waals surface area contributed by atoms with Crippen molar-refractivity contribution in [3.05, 3.63) is 65.2 Å². The number of amides is 1. The molecule has 1 amide bonds. The van der Waals surface area contributed by atoms with Gasteiger partial charge in [0.2, 0.25) is 5.91 Å². The first-order chi connectivity index (χ1) is 14.6. The summed E-state index contributed by atoms with van der Waals surface area (Å²) in [6.07, 6.45) is 5.80. The van der Waals surface area contributed by atoms with Crippen molar-refractivity contribution in [2.75, 3.05) is 24.5 Å². The van der Waals surface area contributed by atoms with Crippen molar-refractivity contribution in [2.24, 2.45) is 5.92 Å². The van der Waals surface area contributed by atoms with E-state index in [1.165, 1.54) is 16.8 Å². The zero-order valence-corrected chi connectivity index (χ0v) is 18.0. The van der Waals surface area contributed by atoms with Crippen LogP contribution < -0.4 is 4.90 Å². The number of piperidine rings is 1. The van der Waals surface area contributed by atoms with Crippen molar-refractivity contribution in [3.63, 3.8) is 0 Å². The Morgan fingerprint density at radius 2 is 1.77 bits per heavy atom. The zero-order chi connectivity index (χ0) is 20.9. The van der Waals surface area contributed by atoms with Gasteiger partial charge in [0.05, 0.1) is 0 Å². The van der Waals surface area contributed by atoms with Crippen molar-refractivity contribution in [1.29, 1.82) is 0 Å². The Balaban J connectivity index is 1.38. The molecule has 4 nitrogen and oxygen atoms in total. The van der Waals surface area contributed by atoms with Crippen LogP contribution in [0.5, 0.6) is 0 Å². The number of rotatable bonds is 6. The van der Waals surface area contributed by atoms with Crippen LogP contribution in [0.25, 0.3) is 0 Å². The molecular weight excluding hydrogens is 372 g/mol. The summed E-state index contributed by atoms with van der Waals surface area (Å²) < 4.78 is 0. The summed E-state index contributed by atoms with van der Waals surface area (Å²) in [5, 5.41) is 0. The molecule has 0 unspecified atom stereocenters. The highest BCUT2D eigenvalue weighted by atomic mass is 16.2. The fourth-order valence-corrected chi connectivity index (χ4v) is 4.81. The summed E-state index contributed by atoms with van der Waals surface area (Å²) in [6.45, 7) is 5.23. The number of aryl methyl sites for hydroxylation is 1. The predicted molar refractivity (Wildman–Crippen MR) is 121 cm³/mol. The van der Waals surface area contributed by atoms with Gasteiger partial charge in [-0.15, -0.1) is 0 Å². The molecule has 4 heteroatoms. The first-order valence-electron chi connectivity index (χ1n) is 11.3. The van der Waals surface area contributed by atoms with Crippen LogP contribution >= 0.6 is 0 Å². The molecular formula is C26H32N2O2. The minimum Gasteiger partial charge on any atom is -0.367 e. The summed E-state index contributed by atoms with van der Waals surface area (Å²) in [6, 6.07) is 16.9. The number of ketones is 1. The lowest BCUT2D eigenvalue weighted by molar-refractivity contribution is -0.130. The number of anilines is 1. The van der Waals surface area contributed by atoms with Crippen LogP contribution in [0.15, 0.2) is 48.5 Å². The predicted octanol–water partition coefficient (Wildman–Crippen LogP) is 4.86. The van der Waals surface area contributed by atoms with E-state index in [1.807, 2.05) is 17.0 Å². The van der Waals surface area contributed by atoms with E-state index in [-0.39, 0.29) is 11.7 Å². The normalized spacial score (nSPS) is 17.0. The highest BCUT2D eigenvalue weighted by molar-refractivity contribution is 5.97. The second kappa shape index (κ2) is 9.46. The van der Waals surface area contributed by atoms with E-state index >= 15 is 0 Å². The molecule has 0 bridgehead atoms. The molecule has 2 aliphatic heterocycles. The number of Topliss-reactive ketones (excluding diaryl/α,β-unsaturated/α-hetero) is 1. The molecule has 0 radical (unpaired) electrons. The van der Waals surface area contributed by atoms with E-state index in [9.17, 15) is 9.59 Å². The van der Waals surface area contributed by atoms with Crippen LogP contribution in [0.1, 0.15) is 60.5 Å². The number of fused-ring (bicyclic) bond motifs is 1.